The van der Waals surface area contributed by atoms with Gasteiger partial charge in [-0.15, -0.1) is 0 Å². The zero-order valence-corrected chi connectivity index (χ0v) is 17.5. The van der Waals surface area contributed by atoms with Crippen molar-refractivity contribution in [2.24, 2.45) is 0 Å². The third-order valence-corrected chi connectivity index (χ3v) is 5.40. The quantitative estimate of drug-likeness (QED) is 0.426. The molecule has 0 fully saturated rings. The van der Waals surface area contributed by atoms with Crippen LogP contribution in [0.15, 0.2) is 76.4 Å². The van der Waals surface area contributed by atoms with Crippen molar-refractivity contribution in [1.82, 2.24) is 20.4 Å². The molecule has 156 valence electrons. The highest BCUT2D eigenvalue weighted by Gasteiger charge is 2.12. The molecule has 0 spiro atoms. The van der Waals surface area contributed by atoms with Crippen LogP contribution in [-0.4, -0.2) is 26.8 Å². The average Bonchev–Trinajstić information content (AvgIpc) is 3.28. The number of nitrogens with zero attached hydrogens (tertiary/aromatic N) is 3. The molecule has 8 heteroatoms. The molecule has 0 aliphatic carbocycles. The van der Waals surface area contributed by atoms with E-state index in [4.69, 9.17) is 4.52 Å². The first-order valence-corrected chi connectivity index (χ1v) is 10.6. The molecule has 2 aromatic carbocycles. The first kappa shape index (κ1) is 20.7. The van der Waals surface area contributed by atoms with Gasteiger partial charge in [-0.05, 0) is 36.8 Å². The Morgan fingerprint density at radius 2 is 1.84 bits per heavy atom. The van der Waals surface area contributed by atoms with E-state index < -0.39 is 0 Å². The maximum Gasteiger partial charge on any atom is 0.258 e. The molecule has 4 aromatic rings. The molecular formula is C23H19FN4O2S. The summed E-state index contributed by atoms with van der Waals surface area (Å²) < 4.78 is 18.3. The van der Waals surface area contributed by atoms with E-state index in [2.05, 4.69) is 20.4 Å². The Bertz CT molecular complexity index is 1180. The highest BCUT2D eigenvalue weighted by Crippen LogP contribution is 2.25. The molecule has 0 saturated heterocycles. The maximum absolute atomic E-state index is 12.9. The zero-order valence-electron chi connectivity index (χ0n) is 16.7. The van der Waals surface area contributed by atoms with Crippen molar-refractivity contribution in [3.63, 3.8) is 0 Å². The summed E-state index contributed by atoms with van der Waals surface area (Å²) in [6, 6.07) is 17.5. The number of thioether (sulfide) groups is 1. The van der Waals surface area contributed by atoms with Crippen molar-refractivity contribution in [2.45, 2.75) is 18.5 Å². The Hall–Kier alpha value is -3.52. The molecular weight excluding hydrogens is 415 g/mol. The molecule has 0 aliphatic rings. The number of pyridine rings is 1. The summed E-state index contributed by atoms with van der Waals surface area (Å²) in [4.78, 5) is 20.9. The molecule has 1 N–H and O–H groups in total. The Morgan fingerprint density at radius 1 is 1.06 bits per heavy atom. The van der Waals surface area contributed by atoms with E-state index in [0.29, 0.717) is 23.3 Å². The topological polar surface area (TPSA) is 80.9 Å². The van der Waals surface area contributed by atoms with E-state index in [0.717, 1.165) is 22.3 Å². The fraction of sp³-hybridized carbons (Fsp3) is 0.130. The van der Waals surface area contributed by atoms with Crippen LogP contribution in [0.4, 0.5) is 4.39 Å². The number of hydrogen-bond donors (Lipinski definition) is 1. The zero-order chi connectivity index (χ0) is 21.6. The third kappa shape index (κ3) is 5.55. The summed E-state index contributed by atoms with van der Waals surface area (Å²) in [5.41, 5.74) is 3.60. The summed E-state index contributed by atoms with van der Waals surface area (Å²) >= 11 is 1.31. The minimum atomic E-state index is -0.302. The molecule has 0 unspecified atom stereocenters. The van der Waals surface area contributed by atoms with Crippen molar-refractivity contribution in [3.8, 4) is 22.8 Å². The fourth-order valence-corrected chi connectivity index (χ4v) is 3.50. The second kappa shape index (κ2) is 9.53. The number of nitrogens with one attached hydrogen (secondary N) is 1. The first-order chi connectivity index (χ1) is 15.1. The fourth-order valence-electron chi connectivity index (χ4n) is 2.78. The maximum atomic E-state index is 12.9. The van der Waals surface area contributed by atoms with E-state index in [9.17, 15) is 9.18 Å². The number of benzene rings is 2. The van der Waals surface area contributed by atoms with Gasteiger partial charge in [0.2, 0.25) is 11.7 Å². The lowest BCUT2D eigenvalue weighted by Gasteiger charge is -2.05. The van der Waals surface area contributed by atoms with Crippen LogP contribution in [0, 0.1) is 12.7 Å². The number of aryl methyl sites for hydroxylation is 1. The van der Waals surface area contributed by atoms with Gasteiger partial charge in [-0.3, -0.25) is 4.79 Å². The number of hydrogen-bond acceptors (Lipinski definition) is 6. The summed E-state index contributed by atoms with van der Waals surface area (Å²) in [6.45, 7) is 2.36. The number of aromatic nitrogens is 3. The van der Waals surface area contributed by atoms with Crippen molar-refractivity contribution < 1.29 is 13.7 Å². The van der Waals surface area contributed by atoms with Crippen molar-refractivity contribution >= 4 is 17.7 Å². The molecule has 0 bridgehead atoms. The lowest BCUT2D eigenvalue weighted by Crippen LogP contribution is -2.24. The molecule has 0 radical (unpaired) electrons. The molecule has 2 heterocycles. The smallest absolute Gasteiger partial charge is 0.258 e. The van der Waals surface area contributed by atoms with Crippen LogP contribution in [0.3, 0.4) is 0 Å². The van der Waals surface area contributed by atoms with Gasteiger partial charge in [0.1, 0.15) is 5.82 Å². The molecule has 31 heavy (non-hydrogen) atoms. The minimum Gasteiger partial charge on any atom is -0.351 e. The molecule has 2 aromatic heterocycles. The van der Waals surface area contributed by atoms with Gasteiger partial charge in [-0.25, -0.2) is 9.37 Å². The van der Waals surface area contributed by atoms with E-state index in [1.165, 1.54) is 23.9 Å². The number of rotatable bonds is 7. The molecule has 0 saturated carbocycles. The normalized spacial score (nSPS) is 10.8. The van der Waals surface area contributed by atoms with Gasteiger partial charge in [0.05, 0.1) is 10.8 Å². The highest BCUT2D eigenvalue weighted by atomic mass is 32.2. The van der Waals surface area contributed by atoms with Crippen molar-refractivity contribution in [1.29, 1.82) is 0 Å². The summed E-state index contributed by atoms with van der Waals surface area (Å²) in [6.07, 6.45) is 1.64. The molecule has 1 amide bonds. The lowest BCUT2D eigenvalue weighted by molar-refractivity contribution is -0.118. The second-order valence-corrected chi connectivity index (χ2v) is 7.86. The van der Waals surface area contributed by atoms with E-state index >= 15 is 0 Å². The second-order valence-electron chi connectivity index (χ2n) is 6.86. The van der Waals surface area contributed by atoms with E-state index in [1.807, 2.05) is 37.3 Å². The summed E-state index contributed by atoms with van der Waals surface area (Å²) in [7, 11) is 0. The average molecular weight is 434 g/mol. The standard InChI is InChI=1S/C23H19FN4O2S/c1-15-2-6-17(7-3-15)22-27-23(30-28-22)18-10-11-25-21(12-18)31-14-20(29)26-13-16-4-8-19(24)9-5-16/h2-12H,13-14H2,1H3,(H,26,29). The van der Waals surface area contributed by atoms with Gasteiger partial charge >= 0.3 is 0 Å². The van der Waals surface area contributed by atoms with Crippen LogP contribution in [-0.2, 0) is 11.3 Å². The molecule has 4 rings (SSSR count). The van der Waals surface area contributed by atoms with Crippen molar-refractivity contribution in [2.75, 3.05) is 5.75 Å². The summed E-state index contributed by atoms with van der Waals surface area (Å²) in [5.74, 6) is 0.669. The predicted molar refractivity (Wildman–Crippen MR) is 117 cm³/mol. The number of carbonyl (C=O) groups is 1. The Labute approximate surface area is 182 Å². The van der Waals surface area contributed by atoms with Crippen LogP contribution in [0.1, 0.15) is 11.1 Å². The molecule has 0 atom stereocenters. The van der Waals surface area contributed by atoms with E-state index in [1.54, 1.807) is 24.4 Å². The van der Waals surface area contributed by atoms with E-state index in [-0.39, 0.29) is 17.5 Å². The SMILES string of the molecule is Cc1ccc(-c2noc(-c3ccnc(SCC(=O)NCc4ccc(F)cc4)c3)n2)cc1. The number of carbonyl (C=O) groups excluding carboxylic acids is 1. The Balaban J connectivity index is 1.35. The minimum absolute atomic E-state index is 0.138. The van der Waals surface area contributed by atoms with Gasteiger partial charge in [0.15, 0.2) is 0 Å². The Kier molecular flexibility index (Phi) is 6.37. The van der Waals surface area contributed by atoms with Crippen LogP contribution in [0.2, 0.25) is 0 Å². The van der Waals surface area contributed by atoms with Crippen LogP contribution in [0.25, 0.3) is 22.8 Å². The first-order valence-electron chi connectivity index (χ1n) is 9.58. The Morgan fingerprint density at radius 3 is 2.61 bits per heavy atom. The van der Waals surface area contributed by atoms with Crippen LogP contribution in [0.5, 0.6) is 0 Å². The van der Waals surface area contributed by atoms with Crippen LogP contribution >= 0.6 is 11.8 Å². The number of amides is 1. The third-order valence-electron chi connectivity index (χ3n) is 4.47. The highest BCUT2D eigenvalue weighted by molar-refractivity contribution is 7.99. The van der Waals surface area contributed by atoms with Gasteiger partial charge in [0.25, 0.3) is 5.89 Å². The van der Waals surface area contributed by atoms with Crippen molar-refractivity contribution in [3.05, 3.63) is 83.8 Å². The summed E-state index contributed by atoms with van der Waals surface area (Å²) in [5, 5.41) is 7.53. The van der Waals surface area contributed by atoms with Gasteiger partial charge in [0, 0.05) is 23.9 Å². The van der Waals surface area contributed by atoms with Gasteiger partial charge in [-0.2, -0.15) is 4.98 Å². The lowest BCUT2D eigenvalue weighted by atomic mass is 10.1. The monoisotopic (exact) mass is 434 g/mol. The van der Waals surface area contributed by atoms with Gasteiger partial charge < -0.3 is 9.84 Å². The van der Waals surface area contributed by atoms with Gasteiger partial charge in [-0.1, -0.05) is 58.9 Å². The predicted octanol–water partition coefficient (Wildman–Crippen LogP) is 4.65. The molecule has 6 nitrogen and oxygen atoms in total. The number of halogens is 1. The molecule has 0 aliphatic heterocycles. The van der Waals surface area contributed by atoms with Crippen LogP contribution < -0.4 is 5.32 Å². The largest absolute Gasteiger partial charge is 0.351 e.